The second kappa shape index (κ2) is 6.69. The summed E-state index contributed by atoms with van der Waals surface area (Å²) in [6, 6.07) is 10.6. The predicted octanol–water partition coefficient (Wildman–Crippen LogP) is 1.33. The second-order valence-electron chi connectivity index (χ2n) is 4.62. The molecule has 0 aliphatic carbocycles. The molecule has 21 heavy (non-hydrogen) atoms. The summed E-state index contributed by atoms with van der Waals surface area (Å²) in [6.45, 7) is 3.99. The molecule has 0 radical (unpaired) electrons. The standard InChI is InChI=1S/C15H18N4O2/c1-3-16-14(20)10(2)17-15(21)13-9-12(18-19-13)11-7-5-4-6-8-11/h4-10H,3H2,1-2H3,(H,16,20)(H,17,21)(H,18,19)/t10-/m1/s1. The minimum atomic E-state index is -0.596. The van der Waals surface area contributed by atoms with Crippen LogP contribution in [0.5, 0.6) is 0 Å². The molecular formula is C15H18N4O2. The third-order valence-electron chi connectivity index (χ3n) is 2.98. The largest absolute Gasteiger partial charge is 0.355 e. The summed E-state index contributed by atoms with van der Waals surface area (Å²) in [5, 5.41) is 12.1. The third kappa shape index (κ3) is 3.68. The number of nitrogens with zero attached hydrogens (tertiary/aromatic N) is 1. The number of H-pyrrole nitrogens is 1. The van der Waals surface area contributed by atoms with E-state index in [4.69, 9.17) is 0 Å². The van der Waals surface area contributed by atoms with E-state index in [-0.39, 0.29) is 11.8 Å². The first-order valence-corrected chi connectivity index (χ1v) is 6.81. The van der Waals surface area contributed by atoms with E-state index in [0.717, 1.165) is 5.56 Å². The van der Waals surface area contributed by atoms with Gasteiger partial charge in [-0.1, -0.05) is 30.3 Å². The highest BCUT2D eigenvalue weighted by atomic mass is 16.2. The molecule has 1 atom stereocenters. The molecule has 0 saturated heterocycles. The number of carbonyl (C=O) groups is 2. The molecule has 1 aromatic heterocycles. The molecule has 0 fully saturated rings. The van der Waals surface area contributed by atoms with Gasteiger partial charge in [0.05, 0.1) is 5.69 Å². The Morgan fingerprint density at radius 1 is 1.29 bits per heavy atom. The molecule has 6 nitrogen and oxygen atoms in total. The molecule has 3 N–H and O–H groups in total. The van der Waals surface area contributed by atoms with Crippen LogP contribution < -0.4 is 10.6 Å². The van der Waals surface area contributed by atoms with E-state index in [9.17, 15) is 9.59 Å². The van der Waals surface area contributed by atoms with Gasteiger partial charge in [-0.2, -0.15) is 5.10 Å². The summed E-state index contributed by atoms with van der Waals surface area (Å²) >= 11 is 0. The number of benzene rings is 1. The maximum Gasteiger partial charge on any atom is 0.269 e. The van der Waals surface area contributed by atoms with Crippen molar-refractivity contribution in [1.82, 2.24) is 20.8 Å². The average molecular weight is 286 g/mol. The lowest BCUT2D eigenvalue weighted by Gasteiger charge is -2.12. The zero-order valence-corrected chi connectivity index (χ0v) is 12.0. The summed E-state index contributed by atoms with van der Waals surface area (Å²) in [5.74, 6) is -0.572. The zero-order chi connectivity index (χ0) is 15.2. The van der Waals surface area contributed by atoms with E-state index in [1.54, 1.807) is 13.0 Å². The monoisotopic (exact) mass is 286 g/mol. The van der Waals surface area contributed by atoms with Gasteiger partial charge in [-0.25, -0.2) is 0 Å². The number of carbonyl (C=O) groups excluding carboxylic acids is 2. The van der Waals surface area contributed by atoms with Gasteiger partial charge in [-0.15, -0.1) is 0 Å². The first-order valence-electron chi connectivity index (χ1n) is 6.81. The molecule has 0 saturated carbocycles. The van der Waals surface area contributed by atoms with Crippen LogP contribution in [0.4, 0.5) is 0 Å². The van der Waals surface area contributed by atoms with E-state index in [1.165, 1.54) is 0 Å². The predicted molar refractivity (Wildman–Crippen MR) is 79.6 cm³/mol. The third-order valence-corrected chi connectivity index (χ3v) is 2.98. The molecule has 110 valence electrons. The number of rotatable bonds is 5. The molecular weight excluding hydrogens is 268 g/mol. The topological polar surface area (TPSA) is 86.9 Å². The van der Waals surface area contributed by atoms with Gasteiger partial charge < -0.3 is 10.6 Å². The molecule has 0 unspecified atom stereocenters. The first kappa shape index (κ1) is 14.8. The Bertz CT molecular complexity index is 622. The minimum absolute atomic E-state index is 0.214. The van der Waals surface area contributed by atoms with Gasteiger partial charge in [-0.05, 0) is 19.9 Å². The van der Waals surface area contributed by atoms with E-state index >= 15 is 0 Å². The van der Waals surface area contributed by atoms with Gasteiger partial charge in [0, 0.05) is 12.1 Å². The van der Waals surface area contributed by atoms with Crippen molar-refractivity contribution in [3.8, 4) is 11.3 Å². The van der Waals surface area contributed by atoms with Crippen LogP contribution >= 0.6 is 0 Å². The number of nitrogens with one attached hydrogen (secondary N) is 3. The van der Waals surface area contributed by atoms with Crippen molar-refractivity contribution >= 4 is 11.8 Å². The molecule has 6 heteroatoms. The highest BCUT2D eigenvalue weighted by Crippen LogP contribution is 2.16. The van der Waals surface area contributed by atoms with E-state index in [2.05, 4.69) is 20.8 Å². The SMILES string of the molecule is CCNC(=O)[C@@H](C)NC(=O)c1cc(-c2ccccc2)n[nH]1. The number of likely N-dealkylation sites (N-methyl/N-ethyl adjacent to an activating group) is 1. The minimum Gasteiger partial charge on any atom is -0.355 e. The van der Waals surface area contributed by atoms with Crippen molar-refractivity contribution in [2.24, 2.45) is 0 Å². The summed E-state index contributed by atoms with van der Waals surface area (Å²) in [5.41, 5.74) is 1.93. The summed E-state index contributed by atoms with van der Waals surface area (Å²) in [4.78, 5) is 23.6. The van der Waals surface area contributed by atoms with Crippen molar-refractivity contribution < 1.29 is 9.59 Å². The molecule has 2 amide bonds. The Morgan fingerprint density at radius 3 is 2.67 bits per heavy atom. The van der Waals surface area contributed by atoms with Crippen LogP contribution in [0.2, 0.25) is 0 Å². The highest BCUT2D eigenvalue weighted by Gasteiger charge is 2.17. The second-order valence-corrected chi connectivity index (χ2v) is 4.62. The van der Waals surface area contributed by atoms with E-state index in [1.807, 2.05) is 37.3 Å². The Kier molecular flexibility index (Phi) is 4.71. The average Bonchev–Trinajstić information content (AvgIpc) is 2.98. The van der Waals surface area contributed by atoms with Crippen LogP contribution in [-0.4, -0.2) is 34.6 Å². The molecule has 0 aliphatic heterocycles. The van der Waals surface area contributed by atoms with E-state index in [0.29, 0.717) is 17.9 Å². The molecule has 0 bridgehead atoms. The van der Waals surface area contributed by atoms with Crippen molar-refractivity contribution in [3.63, 3.8) is 0 Å². The lowest BCUT2D eigenvalue weighted by atomic mass is 10.1. The van der Waals surface area contributed by atoms with Crippen LogP contribution in [0.3, 0.4) is 0 Å². The summed E-state index contributed by atoms with van der Waals surface area (Å²) < 4.78 is 0. The summed E-state index contributed by atoms with van der Waals surface area (Å²) in [7, 11) is 0. The van der Waals surface area contributed by atoms with Gasteiger partial charge in [0.1, 0.15) is 11.7 Å². The van der Waals surface area contributed by atoms with Gasteiger partial charge >= 0.3 is 0 Å². The first-order chi connectivity index (χ1) is 10.1. The van der Waals surface area contributed by atoms with Crippen LogP contribution in [-0.2, 0) is 4.79 Å². The van der Waals surface area contributed by atoms with Gasteiger partial charge in [0.15, 0.2) is 0 Å². The van der Waals surface area contributed by atoms with Crippen molar-refractivity contribution in [1.29, 1.82) is 0 Å². The van der Waals surface area contributed by atoms with Crippen molar-refractivity contribution in [2.75, 3.05) is 6.54 Å². The number of aromatic nitrogens is 2. The maximum absolute atomic E-state index is 12.0. The van der Waals surface area contributed by atoms with Crippen molar-refractivity contribution in [2.45, 2.75) is 19.9 Å². The molecule has 2 rings (SSSR count). The quantitative estimate of drug-likeness (QED) is 0.775. The van der Waals surface area contributed by atoms with Crippen LogP contribution in [0.25, 0.3) is 11.3 Å². The van der Waals surface area contributed by atoms with Gasteiger partial charge in [-0.3, -0.25) is 14.7 Å². The smallest absolute Gasteiger partial charge is 0.269 e. The van der Waals surface area contributed by atoms with Crippen LogP contribution in [0.15, 0.2) is 36.4 Å². The number of aromatic amines is 1. The lowest BCUT2D eigenvalue weighted by molar-refractivity contribution is -0.122. The maximum atomic E-state index is 12.0. The molecule has 1 aromatic carbocycles. The van der Waals surface area contributed by atoms with Crippen LogP contribution in [0, 0.1) is 0 Å². The molecule has 0 spiro atoms. The number of hydrogen-bond acceptors (Lipinski definition) is 3. The number of hydrogen-bond donors (Lipinski definition) is 3. The zero-order valence-electron chi connectivity index (χ0n) is 12.0. The van der Waals surface area contributed by atoms with Crippen molar-refractivity contribution in [3.05, 3.63) is 42.1 Å². The molecule has 0 aliphatic rings. The fourth-order valence-corrected chi connectivity index (χ4v) is 1.86. The Balaban J connectivity index is 2.04. The Labute approximate surface area is 122 Å². The van der Waals surface area contributed by atoms with Gasteiger partial charge in [0.25, 0.3) is 5.91 Å². The summed E-state index contributed by atoms with van der Waals surface area (Å²) in [6.07, 6.45) is 0. The molecule has 2 aromatic rings. The fourth-order valence-electron chi connectivity index (χ4n) is 1.86. The Hall–Kier alpha value is -2.63. The number of amides is 2. The normalized spacial score (nSPS) is 11.7. The van der Waals surface area contributed by atoms with E-state index < -0.39 is 6.04 Å². The van der Waals surface area contributed by atoms with Gasteiger partial charge in [0.2, 0.25) is 5.91 Å². The molecule has 1 heterocycles. The fraction of sp³-hybridized carbons (Fsp3) is 0.267. The highest BCUT2D eigenvalue weighted by molar-refractivity contribution is 5.96. The van der Waals surface area contributed by atoms with Crippen LogP contribution in [0.1, 0.15) is 24.3 Å². The Morgan fingerprint density at radius 2 is 2.00 bits per heavy atom. The lowest BCUT2D eigenvalue weighted by Crippen LogP contribution is -2.44.